The maximum Gasteiger partial charge on any atom is 0.336 e. The minimum Gasteiger partial charge on any atom is -0.480 e. The van der Waals surface area contributed by atoms with E-state index in [4.69, 9.17) is 9.47 Å². The molecule has 0 aliphatic heterocycles. The Balaban J connectivity index is 1.51. The topological polar surface area (TPSA) is 90.1 Å². The van der Waals surface area contributed by atoms with Crippen molar-refractivity contribution in [2.24, 2.45) is 5.41 Å². The number of imidazole rings is 1. The molecule has 2 aromatic heterocycles. The molecule has 4 aromatic rings. The average molecular weight is 473 g/mol. The molecule has 0 unspecified atom stereocenters. The fourth-order valence-electron chi connectivity index (χ4n) is 4.11. The van der Waals surface area contributed by atoms with Crippen LogP contribution in [0, 0.1) is 12.3 Å². The van der Waals surface area contributed by atoms with Crippen LogP contribution in [0.4, 0.5) is 0 Å². The van der Waals surface area contributed by atoms with Crippen molar-refractivity contribution in [1.29, 1.82) is 0 Å². The van der Waals surface area contributed by atoms with Gasteiger partial charge in [0.05, 0.1) is 30.0 Å². The summed E-state index contributed by atoms with van der Waals surface area (Å²) < 4.78 is 12.8. The van der Waals surface area contributed by atoms with Gasteiger partial charge in [-0.2, -0.15) is 4.98 Å². The van der Waals surface area contributed by atoms with Gasteiger partial charge < -0.3 is 14.6 Å². The minimum atomic E-state index is -1.01. The first-order chi connectivity index (χ1) is 16.7. The number of nitrogens with zero attached hydrogens (tertiary/aromatic N) is 2. The van der Waals surface area contributed by atoms with Crippen LogP contribution in [0.15, 0.2) is 66.9 Å². The molecule has 7 nitrogen and oxygen atoms in total. The first kappa shape index (κ1) is 24.0. The summed E-state index contributed by atoms with van der Waals surface area (Å²) in [5.74, 6) is -0.895. The third-order valence-corrected chi connectivity index (χ3v) is 6.03. The predicted molar refractivity (Wildman–Crippen MR) is 133 cm³/mol. The number of carboxylic acids is 1. The number of fused-ring (bicyclic) bond motifs is 1. The van der Waals surface area contributed by atoms with Crippen molar-refractivity contribution in [1.82, 2.24) is 9.38 Å². The molecular formula is C28H28N2O5. The van der Waals surface area contributed by atoms with Crippen molar-refractivity contribution in [3.8, 4) is 17.0 Å². The molecule has 0 spiro atoms. The van der Waals surface area contributed by atoms with Crippen molar-refractivity contribution in [2.75, 3.05) is 7.11 Å². The monoisotopic (exact) mass is 472 g/mol. The number of carbonyl (C=O) groups excluding carboxylic acids is 1. The van der Waals surface area contributed by atoms with E-state index in [2.05, 4.69) is 4.98 Å². The molecule has 0 saturated carbocycles. The highest BCUT2D eigenvalue weighted by molar-refractivity contribution is 5.96. The van der Waals surface area contributed by atoms with Crippen molar-refractivity contribution >= 4 is 17.6 Å². The van der Waals surface area contributed by atoms with Crippen LogP contribution in [0.1, 0.15) is 41.0 Å². The van der Waals surface area contributed by atoms with Gasteiger partial charge in [-0.1, -0.05) is 48.5 Å². The van der Waals surface area contributed by atoms with Gasteiger partial charge in [-0.25, -0.2) is 4.79 Å². The van der Waals surface area contributed by atoms with Gasteiger partial charge in [-0.05, 0) is 61.6 Å². The quantitative estimate of drug-likeness (QED) is 0.349. The lowest BCUT2D eigenvalue weighted by Gasteiger charge is -2.23. The Morgan fingerprint density at radius 1 is 1.06 bits per heavy atom. The Hall–Kier alpha value is -4.13. The number of esters is 1. The van der Waals surface area contributed by atoms with Crippen molar-refractivity contribution in [3.05, 3.63) is 89.2 Å². The smallest absolute Gasteiger partial charge is 0.336 e. The summed E-state index contributed by atoms with van der Waals surface area (Å²) in [5.41, 5.74) is 4.06. The van der Waals surface area contributed by atoms with E-state index in [1.807, 2.05) is 59.9 Å². The van der Waals surface area contributed by atoms with Gasteiger partial charge in [0.25, 0.3) is 0 Å². The van der Waals surface area contributed by atoms with Crippen molar-refractivity contribution < 1.29 is 24.2 Å². The highest BCUT2D eigenvalue weighted by atomic mass is 16.5. The fourth-order valence-corrected chi connectivity index (χ4v) is 4.11. The lowest BCUT2D eigenvalue weighted by atomic mass is 9.84. The first-order valence-corrected chi connectivity index (χ1v) is 11.3. The van der Waals surface area contributed by atoms with Gasteiger partial charge >= 0.3 is 11.9 Å². The van der Waals surface area contributed by atoms with Crippen molar-refractivity contribution in [2.45, 2.75) is 33.8 Å². The number of aryl methyl sites for hydroxylation is 1. The molecule has 7 heteroatoms. The van der Waals surface area contributed by atoms with Crippen LogP contribution < -0.4 is 4.74 Å². The summed E-state index contributed by atoms with van der Waals surface area (Å²) >= 11 is 0. The zero-order chi connectivity index (χ0) is 25.2. The summed E-state index contributed by atoms with van der Waals surface area (Å²) in [6.07, 6.45) is 2.10. The number of benzene rings is 2. The van der Waals surface area contributed by atoms with Crippen molar-refractivity contribution in [3.63, 3.8) is 0 Å². The second-order valence-electron chi connectivity index (χ2n) is 9.17. The molecule has 0 saturated heterocycles. The third kappa shape index (κ3) is 5.04. The summed E-state index contributed by atoms with van der Waals surface area (Å²) in [6, 6.07) is 18.5. The highest BCUT2D eigenvalue weighted by Crippen LogP contribution is 2.29. The SMILES string of the molecule is COc1cn2c(COC(=O)C(C)(C)Cc3ccc(-c4ccccc4)c(C(=O)O)c3)ccc(C)c2n1. The van der Waals surface area contributed by atoms with E-state index < -0.39 is 11.4 Å². The Morgan fingerprint density at radius 2 is 1.80 bits per heavy atom. The van der Waals surface area contributed by atoms with Gasteiger partial charge in [0.1, 0.15) is 12.3 Å². The van der Waals surface area contributed by atoms with Crippen LogP contribution in [0.25, 0.3) is 16.8 Å². The lowest BCUT2D eigenvalue weighted by molar-refractivity contribution is -0.155. The van der Waals surface area contributed by atoms with Crippen LogP contribution >= 0.6 is 0 Å². The molecule has 0 radical (unpaired) electrons. The molecule has 0 amide bonds. The Labute approximate surface area is 204 Å². The number of carboxylic acid groups (broad SMARTS) is 1. The molecule has 0 bridgehead atoms. The van der Waals surface area contributed by atoms with Crippen LogP contribution in [-0.4, -0.2) is 33.5 Å². The van der Waals surface area contributed by atoms with E-state index in [1.54, 1.807) is 39.3 Å². The van der Waals surface area contributed by atoms with Crippen LogP contribution in [0.3, 0.4) is 0 Å². The summed E-state index contributed by atoms with van der Waals surface area (Å²) in [7, 11) is 1.56. The van der Waals surface area contributed by atoms with Gasteiger partial charge in [0.2, 0.25) is 5.88 Å². The number of rotatable bonds is 8. The Kier molecular flexibility index (Phi) is 6.60. The van der Waals surface area contributed by atoms with Crippen LogP contribution in [-0.2, 0) is 22.6 Å². The molecule has 2 heterocycles. The van der Waals surface area contributed by atoms with E-state index in [0.717, 1.165) is 28.0 Å². The maximum absolute atomic E-state index is 13.0. The molecule has 2 aromatic carbocycles. The standard InChI is InChI=1S/C28H28N2O5/c1-18-10-12-21(30-16-24(34-4)29-25(18)30)17-35-27(33)28(2,3)15-19-11-13-22(23(14-19)26(31)32)20-8-6-5-7-9-20/h5-14,16H,15,17H2,1-4H3,(H,31,32). The second-order valence-corrected chi connectivity index (χ2v) is 9.17. The zero-order valence-electron chi connectivity index (χ0n) is 20.2. The molecular weight excluding hydrogens is 444 g/mol. The second kappa shape index (κ2) is 9.62. The van der Waals surface area contributed by atoms with Gasteiger partial charge in [0.15, 0.2) is 0 Å². The molecule has 4 rings (SSSR count). The van der Waals surface area contributed by atoms with E-state index in [9.17, 15) is 14.7 Å². The fraction of sp³-hybridized carbons (Fsp3) is 0.250. The number of hydrogen-bond donors (Lipinski definition) is 1. The molecule has 0 aliphatic rings. The lowest BCUT2D eigenvalue weighted by Crippen LogP contribution is -2.29. The number of aromatic carboxylic acids is 1. The van der Waals surface area contributed by atoms with E-state index in [1.165, 1.54) is 0 Å². The number of methoxy groups -OCH3 is 1. The maximum atomic E-state index is 13.0. The minimum absolute atomic E-state index is 0.0753. The van der Waals surface area contributed by atoms with Crippen LogP contribution in [0.5, 0.6) is 5.88 Å². The normalized spacial score (nSPS) is 11.4. The predicted octanol–water partition coefficient (Wildman–Crippen LogP) is 5.33. The number of pyridine rings is 1. The first-order valence-electron chi connectivity index (χ1n) is 11.3. The van der Waals surface area contributed by atoms with Gasteiger partial charge in [-0.15, -0.1) is 0 Å². The summed E-state index contributed by atoms with van der Waals surface area (Å²) in [6.45, 7) is 5.62. The highest BCUT2D eigenvalue weighted by Gasteiger charge is 2.30. The number of aromatic nitrogens is 2. The zero-order valence-corrected chi connectivity index (χ0v) is 20.2. The van der Waals surface area contributed by atoms with E-state index >= 15 is 0 Å². The number of carbonyl (C=O) groups is 2. The number of hydrogen-bond acceptors (Lipinski definition) is 5. The van der Waals surface area contributed by atoms with E-state index in [0.29, 0.717) is 17.9 Å². The largest absolute Gasteiger partial charge is 0.480 e. The molecule has 0 aliphatic carbocycles. The molecule has 0 atom stereocenters. The van der Waals surface area contributed by atoms with Crippen LogP contribution in [0.2, 0.25) is 0 Å². The Morgan fingerprint density at radius 3 is 2.49 bits per heavy atom. The molecule has 0 fully saturated rings. The Bertz CT molecular complexity index is 1390. The average Bonchev–Trinajstić information content (AvgIpc) is 3.29. The van der Waals surface area contributed by atoms with E-state index in [-0.39, 0.29) is 18.1 Å². The molecule has 1 N–H and O–H groups in total. The summed E-state index contributed by atoms with van der Waals surface area (Å²) in [4.78, 5) is 29.4. The van der Waals surface area contributed by atoms with Gasteiger partial charge in [0, 0.05) is 0 Å². The third-order valence-electron chi connectivity index (χ3n) is 6.03. The number of ether oxygens (including phenoxy) is 2. The summed E-state index contributed by atoms with van der Waals surface area (Å²) in [5, 5.41) is 9.79. The molecule has 180 valence electrons. The van der Waals surface area contributed by atoms with Gasteiger partial charge in [-0.3, -0.25) is 9.20 Å². The molecule has 35 heavy (non-hydrogen) atoms.